The van der Waals surface area contributed by atoms with Gasteiger partial charge in [0.15, 0.2) is 0 Å². The van der Waals surface area contributed by atoms with Crippen molar-refractivity contribution in [2.24, 2.45) is 5.92 Å². The first-order valence-electron chi connectivity index (χ1n) is 8.76. The third-order valence-corrected chi connectivity index (χ3v) is 4.62. The monoisotopic (exact) mass is 316 g/mol. The van der Waals surface area contributed by atoms with Crippen molar-refractivity contribution < 1.29 is 9.59 Å². The molecule has 1 aliphatic heterocycles. The van der Waals surface area contributed by atoms with Gasteiger partial charge in [0.2, 0.25) is 11.8 Å². The number of rotatable bonds is 7. The topological polar surface area (TPSA) is 40.6 Å². The first-order valence-corrected chi connectivity index (χ1v) is 8.76. The van der Waals surface area contributed by atoms with Crippen molar-refractivity contribution in [1.82, 2.24) is 9.80 Å². The molecule has 2 rings (SSSR count). The smallest absolute Gasteiger partial charge is 0.242 e. The molecule has 0 aromatic heterocycles. The van der Waals surface area contributed by atoms with Gasteiger partial charge < -0.3 is 9.80 Å². The molecule has 0 saturated carbocycles. The van der Waals surface area contributed by atoms with Crippen molar-refractivity contribution in [3.8, 4) is 0 Å². The van der Waals surface area contributed by atoms with Crippen molar-refractivity contribution in [2.45, 2.75) is 39.5 Å². The molecule has 1 aliphatic rings. The molecule has 1 heterocycles. The molecule has 1 atom stereocenters. The highest BCUT2D eigenvalue weighted by Crippen LogP contribution is 2.16. The lowest BCUT2D eigenvalue weighted by Gasteiger charge is -2.36. The number of carbonyl (C=O) groups is 2. The Morgan fingerprint density at radius 2 is 1.91 bits per heavy atom. The van der Waals surface area contributed by atoms with Crippen molar-refractivity contribution in [3.63, 3.8) is 0 Å². The lowest BCUT2D eigenvalue weighted by atomic mass is 9.98. The molecule has 23 heavy (non-hydrogen) atoms. The molecule has 1 aromatic carbocycles. The zero-order valence-electron chi connectivity index (χ0n) is 14.3. The van der Waals surface area contributed by atoms with Gasteiger partial charge in [-0.1, -0.05) is 50.6 Å². The number of piperazine rings is 1. The fourth-order valence-corrected chi connectivity index (χ4v) is 3.15. The normalized spacial score (nSPS) is 16.5. The Labute approximate surface area is 139 Å². The predicted molar refractivity (Wildman–Crippen MR) is 92.0 cm³/mol. The first kappa shape index (κ1) is 17.5. The third kappa shape index (κ3) is 4.81. The summed E-state index contributed by atoms with van der Waals surface area (Å²) in [5.41, 5.74) is 1.24. The Morgan fingerprint density at radius 3 is 2.52 bits per heavy atom. The van der Waals surface area contributed by atoms with Crippen molar-refractivity contribution >= 4 is 11.8 Å². The second-order valence-electron chi connectivity index (χ2n) is 6.27. The van der Waals surface area contributed by atoms with E-state index < -0.39 is 0 Å². The summed E-state index contributed by atoms with van der Waals surface area (Å²) in [6, 6.07) is 10.2. The fraction of sp³-hybridized carbons (Fsp3) is 0.579. The molecule has 1 fully saturated rings. The predicted octanol–water partition coefficient (Wildman–Crippen LogP) is 2.73. The minimum absolute atomic E-state index is 0.0728. The summed E-state index contributed by atoms with van der Waals surface area (Å²) in [5.74, 6) is 0.306. The van der Waals surface area contributed by atoms with Gasteiger partial charge in [0.25, 0.3) is 0 Å². The van der Waals surface area contributed by atoms with E-state index in [1.807, 2.05) is 23.1 Å². The Bertz CT molecular complexity index is 515. The summed E-state index contributed by atoms with van der Waals surface area (Å²) in [7, 11) is 0. The Morgan fingerprint density at radius 1 is 1.17 bits per heavy atom. The van der Waals surface area contributed by atoms with E-state index in [9.17, 15) is 9.59 Å². The molecule has 4 nitrogen and oxygen atoms in total. The summed E-state index contributed by atoms with van der Waals surface area (Å²) < 4.78 is 0. The van der Waals surface area contributed by atoms with Crippen molar-refractivity contribution in [2.75, 3.05) is 26.2 Å². The minimum Gasteiger partial charge on any atom is -0.339 e. The molecule has 2 amide bonds. The lowest BCUT2D eigenvalue weighted by Crippen LogP contribution is -2.53. The quantitative estimate of drug-likeness (QED) is 0.776. The zero-order valence-corrected chi connectivity index (χ0v) is 14.3. The number of nitrogens with zero attached hydrogens (tertiary/aromatic N) is 2. The van der Waals surface area contributed by atoms with Gasteiger partial charge in [-0.3, -0.25) is 9.59 Å². The second kappa shape index (κ2) is 8.70. The standard InChI is InChI=1S/C19H28N2O2/c1-3-8-17(4-2)19(23)21-14-13-20(18(22)15-21)12-11-16-9-6-5-7-10-16/h5-7,9-10,17H,3-4,8,11-15H2,1-2H3. The van der Waals surface area contributed by atoms with Crippen LogP contribution in [-0.2, 0) is 16.0 Å². The van der Waals surface area contributed by atoms with Crippen LogP contribution in [0.2, 0.25) is 0 Å². The maximum absolute atomic E-state index is 12.5. The van der Waals surface area contributed by atoms with Gasteiger partial charge in [-0.15, -0.1) is 0 Å². The number of hydrogen-bond donors (Lipinski definition) is 0. The van der Waals surface area contributed by atoms with Gasteiger partial charge in [-0.05, 0) is 24.8 Å². The largest absolute Gasteiger partial charge is 0.339 e. The minimum atomic E-state index is 0.0728. The molecular weight excluding hydrogens is 288 g/mol. The number of amides is 2. The average molecular weight is 316 g/mol. The van der Waals surface area contributed by atoms with Gasteiger partial charge in [-0.2, -0.15) is 0 Å². The summed E-state index contributed by atoms with van der Waals surface area (Å²) in [5, 5.41) is 0. The lowest BCUT2D eigenvalue weighted by molar-refractivity contribution is -0.147. The fourth-order valence-electron chi connectivity index (χ4n) is 3.15. The summed E-state index contributed by atoms with van der Waals surface area (Å²) in [4.78, 5) is 28.5. The third-order valence-electron chi connectivity index (χ3n) is 4.62. The van der Waals surface area contributed by atoms with Crippen LogP contribution in [0.1, 0.15) is 38.7 Å². The number of carbonyl (C=O) groups excluding carboxylic acids is 2. The highest BCUT2D eigenvalue weighted by molar-refractivity contribution is 5.87. The molecule has 1 aromatic rings. The van der Waals surface area contributed by atoms with E-state index in [4.69, 9.17) is 0 Å². The molecule has 1 unspecified atom stereocenters. The van der Waals surface area contributed by atoms with Crippen LogP contribution in [0.5, 0.6) is 0 Å². The first-order chi connectivity index (χ1) is 11.2. The molecule has 4 heteroatoms. The molecular formula is C19H28N2O2. The van der Waals surface area contributed by atoms with Crippen LogP contribution >= 0.6 is 0 Å². The van der Waals surface area contributed by atoms with Crippen LogP contribution in [0.3, 0.4) is 0 Å². The second-order valence-corrected chi connectivity index (χ2v) is 6.27. The molecule has 0 radical (unpaired) electrons. The summed E-state index contributed by atoms with van der Waals surface area (Å²) in [6.07, 6.45) is 3.65. The van der Waals surface area contributed by atoms with Gasteiger partial charge in [-0.25, -0.2) is 0 Å². The van der Waals surface area contributed by atoms with E-state index in [0.717, 1.165) is 32.2 Å². The molecule has 0 aliphatic carbocycles. The van der Waals surface area contributed by atoms with Crippen molar-refractivity contribution in [1.29, 1.82) is 0 Å². The molecule has 1 saturated heterocycles. The van der Waals surface area contributed by atoms with Gasteiger partial charge in [0, 0.05) is 25.6 Å². The van der Waals surface area contributed by atoms with E-state index in [0.29, 0.717) is 13.1 Å². The average Bonchev–Trinajstić information content (AvgIpc) is 2.59. The van der Waals surface area contributed by atoms with E-state index in [1.165, 1.54) is 5.56 Å². The van der Waals surface area contributed by atoms with E-state index in [-0.39, 0.29) is 24.3 Å². The van der Waals surface area contributed by atoms with Gasteiger partial charge in [0.05, 0.1) is 6.54 Å². The van der Waals surface area contributed by atoms with E-state index in [1.54, 1.807) is 4.90 Å². The van der Waals surface area contributed by atoms with E-state index >= 15 is 0 Å². The van der Waals surface area contributed by atoms with E-state index in [2.05, 4.69) is 26.0 Å². The maximum atomic E-state index is 12.5. The van der Waals surface area contributed by atoms with Gasteiger partial charge in [0.1, 0.15) is 0 Å². The zero-order chi connectivity index (χ0) is 16.7. The molecule has 0 N–H and O–H groups in total. The van der Waals surface area contributed by atoms with Crippen LogP contribution in [-0.4, -0.2) is 47.8 Å². The van der Waals surface area contributed by atoms with Crippen molar-refractivity contribution in [3.05, 3.63) is 35.9 Å². The maximum Gasteiger partial charge on any atom is 0.242 e. The highest BCUT2D eigenvalue weighted by atomic mass is 16.2. The Hall–Kier alpha value is -1.84. The molecule has 0 spiro atoms. The Kier molecular flexibility index (Phi) is 6.63. The molecule has 0 bridgehead atoms. The van der Waals surface area contributed by atoms with Crippen LogP contribution in [0.15, 0.2) is 30.3 Å². The number of benzene rings is 1. The molecule has 126 valence electrons. The summed E-state index contributed by atoms with van der Waals surface area (Å²) >= 11 is 0. The number of hydrogen-bond acceptors (Lipinski definition) is 2. The summed E-state index contributed by atoms with van der Waals surface area (Å²) in [6.45, 7) is 6.45. The van der Waals surface area contributed by atoms with Crippen LogP contribution < -0.4 is 0 Å². The van der Waals surface area contributed by atoms with Crippen LogP contribution in [0, 0.1) is 5.92 Å². The SMILES string of the molecule is CCCC(CC)C(=O)N1CCN(CCc2ccccc2)C(=O)C1. The van der Waals surface area contributed by atoms with Crippen LogP contribution in [0.25, 0.3) is 0 Å². The van der Waals surface area contributed by atoms with Gasteiger partial charge >= 0.3 is 0 Å². The van der Waals surface area contributed by atoms with Crippen LogP contribution in [0.4, 0.5) is 0 Å². The Balaban J connectivity index is 1.84. The highest BCUT2D eigenvalue weighted by Gasteiger charge is 2.29.